The second kappa shape index (κ2) is 7.32. The molecule has 0 unspecified atom stereocenters. The van der Waals surface area contributed by atoms with E-state index in [1.54, 1.807) is 12.1 Å². The van der Waals surface area contributed by atoms with Gasteiger partial charge in [0.25, 0.3) is 0 Å². The Morgan fingerprint density at radius 1 is 1.07 bits per heavy atom. The van der Waals surface area contributed by atoms with E-state index in [9.17, 15) is 23.1 Å². The highest BCUT2D eigenvalue weighted by Gasteiger charge is 2.42. The summed E-state index contributed by atoms with van der Waals surface area (Å²) in [6.45, 7) is 1.32. The third-order valence-corrected chi connectivity index (χ3v) is 5.00. The van der Waals surface area contributed by atoms with E-state index in [1.807, 2.05) is 11.0 Å². The van der Waals surface area contributed by atoms with E-state index in [0.717, 1.165) is 11.6 Å². The fraction of sp³-hybridized carbons (Fsp3) is 0.350. The first-order chi connectivity index (χ1) is 12.7. The molecule has 2 aromatic carbocycles. The molecular formula is C20H20F3NO3. The van der Waals surface area contributed by atoms with Crippen LogP contribution in [-0.2, 0) is 18.3 Å². The molecule has 4 nitrogen and oxygen atoms in total. The summed E-state index contributed by atoms with van der Waals surface area (Å²) < 4.78 is 39.8. The molecule has 0 bridgehead atoms. The number of likely N-dealkylation sites (tertiary alicyclic amines) is 1. The minimum Gasteiger partial charge on any atom is -0.478 e. The first-order valence-electron chi connectivity index (χ1n) is 8.63. The van der Waals surface area contributed by atoms with Gasteiger partial charge in [0.1, 0.15) is 0 Å². The molecule has 0 radical (unpaired) electrons. The van der Waals surface area contributed by atoms with Crippen molar-refractivity contribution in [2.75, 3.05) is 13.1 Å². The maximum atomic E-state index is 13.3. The second-order valence-corrected chi connectivity index (χ2v) is 6.86. The smallest absolute Gasteiger partial charge is 0.416 e. The number of aromatic carboxylic acids is 1. The number of piperidine rings is 1. The third-order valence-electron chi connectivity index (χ3n) is 5.00. The highest BCUT2D eigenvalue weighted by molar-refractivity contribution is 5.87. The summed E-state index contributed by atoms with van der Waals surface area (Å²) in [7, 11) is 0. The lowest BCUT2D eigenvalue weighted by atomic mass is 9.81. The van der Waals surface area contributed by atoms with E-state index >= 15 is 0 Å². The molecule has 0 aromatic heterocycles. The van der Waals surface area contributed by atoms with E-state index < -0.39 is 23.3 Å². The van der Waals surface area contributed by atoms with Crippen LogP contribution in [0.15, 0.2) is 48.5 Å². The molecular weight excluding hydrogens is 359 g/mol. The van der Waals surface area contributed by atoms with E-state index in [2.05, 4.69) is 0 Å². The van der Waals surface area contributed by atoms with Gasteiger partial charge in [-0.05, 0) is 42.2 Å². The van der Waals surface area contributed by atoms with Gasteiger partial charge in [-0.3, -0.25) is 4.90 Å². The predicted octanol–water partition coefficient (Wildman–Crippen LogP) is 3.89. The number of carbonyl (C=O) groups is 1. The Morgan fingerprint density at radius 2 is 1.74 bits per heavy atom. The van der Waals surface area contributed by atoms with Crippen LogP contribution in [0.4, 0.5) is 13.2 Å². The molecule has 3 rings (SSSR count). The van der Waals surface area contributed by atoms with Crippen molar-refractivity contribution >= 4 is 5.97 Å². The topological polar surface area (TPSA) is 60.8 Å². The van der Waals surface area contributed by atoms with Crippen molar-refractivity contribution in [1.82, 2.24) is 4.90 Å². The van der Waals surface area contributed by atoms with Gasteiger partial charge in [-0.2, -0.15) is 13.2 Å². The van der Waals surface area contributed by atoms with Crippen LogP contribution in [0.3, 0.4) is 0 Å². The zero-order chi connectivity index (χ0) is 19.7. The standard InChI is InChI=1S/C20H20F3NO3/c21-20(22,23)17-7-2-1-6-16(17)19(27)8-10-24(11-9-19)13-14-4-3-5-15(12-14)18(25)26/h1-7,12,27H,8-11,13H2,(H,25,26). The number of alkyl halides is 3. The van der Waals surface area contributed by atoms with Gasteiger partial charge in [0.05, 0.1) is 16.7 Å². The van der Waals surface area contributed by atoms with Crippen LogP contribution in [-0.4, -0.2) is 34.2 Å². The molecule has 0 amide bonds. The fourth-order valence-corrected chi connectivity index (χ4v) is 3.55. The molecule has 1 saturated heterocycles. The Hall–Kier alpha value is -2.38. The van der Waals surface area contributed by atoms with E-state index in [4.69, 9.17) is 5.11 Å². The summed E-state index contributed by atoms with van der Waals surface area (Å²) in [5.74, 6) is -1.01. The summed E-state index contributed by atoms with van der Waals surface area (Å²) in [5, 5.41) is 19.9. The van der Waals surface area contributed by atoms with Crippen molar-refractivity contribution in [1.29, 1.82) is 0 Å². The lowest BCUT2D eigenvalue weighted by molar-refractivity contribution is -0.142. The minimum atomic E-state index is -4.51. The fourth-order valence-electron chi connectivity index (χ4n) is 3.55. The Bertz CT molecular complexity index is 827. The number of hydrogen-bond donors (Lipinski definition) is 2. The van der Waals surface area contributed by atoms with Crippen LogP contribution in [0.2, 0.25) is 0 Å². The minimum absolute atomic E-state index is 0.0787. The van der Waals surface area contributed by atoms with Crippen LogP contribution in [0, 0.1) is 0 Å². The summed E-state index contributed by atoms with van der Waals surface area (Å²) in [5.41, 5.74) is -1.39. The molecule has 27 heavy (non-hydrogen) atoms. The first kappa shape index (κ1) is 19.4. The molecule has 1 aliphatic rings. The van der Waals surface area contributed by atoms with Crippen molar-refractivity contribution in [3.8, 4) is 0 Å². The van der Waals surface area contributed by atoms with Crippen LogP contribution in [0.5, 0.6) is 0 Å². The average molecular weight is 379 g/mol. The molecule has 144 valence electrons. The van der Waals surface area contributed by atoms with Gasteiger partial charge in [0.15, 0.2) is 0 Å². The van der Waals surface area contributed by atoms with Gasteiger partial charge >= 0.3 is 12.1 Å². The Labute approximate surface area is 154 Å². The van der Waals surface area contributed by atoms with Crippen molar-refractivity contribution in [3.05, 3.63) is 70.8 Å². The average Bonchev–Trinajstić information content (AvgIpc) is 2.63. The second-order valence-electron chi connectivity index (χ2n) is 6.86. The highest BCUT2D eigenvalue weighted by atomic mass is 19.4. The Morgan fingerprint density at radius 3 is 2.37 bits per heavy atom. The molecule has 7 heteroatoms. The number of carboxylic acid groups (broad SMARTS) is 1. The maximum Gasteiger partial charge on any atom is 0.416 e. The number of rotatable bonds is 4. The molecule has 2 N–H and O–H groups in total. The number of hydrogen-bond acceptors (Lipinski definition) is 3. The van der Waals surface area contributed by atoms with Gasteiger partial charge in [0.2, 0.25) is 0 Å². The Kier molecular flexibility index (Phi) is 5.26. The summed E-state index contributed by atoms with van der Waals surface area (Å²) in [6, 6.07) is 11.7. The number of carboxylic acids is 1. The van der Waals surface area contributed by atoms with Crippen LogP contribution in [0.25, 0.3) is 0 Å². The van der Waals surface area contributed by atoms with Crippen molar-refractivity contribution < 1.29 is 28.2 Å². The summed E-state index contributed by atoms with van der Waals surface area (Å²) >= 11 is 0. The molecule has 0 saturated carbocycles. The van der Waals surface area contributed by atoms with E-state index in [-0.39, 0.29) is 24.0 Å². The number of halogens is 3. The zero-order valence-corrected chi connectivity index (χ0v) is 14.5. The van der Waals surface area contributed by atoms with Gasteiger partial charge in [0, 0.05) is 19.6 Å². The van der Waals surface area contributed by atoms with Crippen LogP contribution >= 0.6 is 0 Å². The first-order valence-corrected chi connectivity index (χ1v) is 8.63. The van der Waals surface area contributed by atoms with Gasteiger partial charge in [-0.1, -0.05) is 30.3 Å². The molecule has 1 aliphatic heterocycles. The maximum absolute atomic E-state index is 13.3. The normalized spacial score (nSPS) is 17.6. The summed E-state index contributed by atoms with van der Waals surface area (Å²) in [6.07, 6.45) is -4.15. The van der Waals surface area contributed by atoms with E-state index in [0.29, 0.717) is 19.6 Å². The van der Waals surface area contributed by atoms with Crippen LogP contribution < -0.4 is 0 Å². The van der Waals surface area contributed by atoms with Crippen molar-refractivity contribution in [2.24, 2.45) is 0 Å². The number of benzene rings is 2. The van der Waals surface area contributed by atoms with Crippen molar-refractivity contribution in [3.63, 3.8) is 0 Å². The zero-order valence-electron chi connectivity index (χ0n) is 14.5. The molecule has 0 spiro atoms. The Balaban J connectivity index is 1.72. The van der Waals surface area contributed by atoms with Gasteiger partial charge in [-0.15, -0.1) is 0 Å². The SMILES string of the molecule is O=C(O)c1cccc(CN2CCC(O)(c3ccccc3C(F)(F)F)CC2)c1. The van der Waals surface area contributed by atoms with Crippen LogP contribution in [0.1, 0.15) is 39.9 Å². The largest absolute Gasteiger partial charge is 0.478 e. The van der Waals surface area contributed by atoms with Gasteiger partial charge < -0.3 is 10.2 Å². The lowest BCUT2D eigenvalue weighted by Crippen LogP contribution is -2.43. The van der Waals surface area contributed by atoms with E-state index in [1.165, 1.54) is 24.3 Å². The highest BCUT2D eigenvalue weighted by Crippen LogP contribution is 2.41. The molecule has 1 fully saturated rings. The quantitative estimate of drug-likeness (QED) is 0.846. The van der Waals surface area contributed by atoms with Gasteiger partial charge in [-0.25, -0.2) is 4.79 Å². The monoisotopic (exact) mass is 379 g/mol. The number of aliphatic hydroxyl groups is 1. The molecule has 0 aliphatic carbocycles. The number of nitrogens with zero attached hydrogens (tertiary/aromatic N) is 1. The molecule has 1 heterocycles. The molecule has 0 atom stereocenters. The predicted molar refractivity (Wildman–Crippen MR) is 93.3 cm³/mol. The summed E-state index contributed by atoms with van der Waals surface area (Å²) in [4.78, 5) is 13.1. The lowest BCUT2D eigenvalue weighted by Gasteiger charge is -2.39. The van der Waals surface area contributed by atoms with Crippen molar-refractivity contribution in [2.45, 2.75) is 31.2 Å². The third kappa shape index (κ3) is 4.31. The molecule has 2 aromatic rings.